The first-order valence-corrected chi connectivity index (χ1v) is 12.0. The summed E-state index contributed by atoms with van der Waals surface area (Å²) in [6.45, 7) is 5.57. The fourth-order valence-electron chi connectivity index (χ4n) is 3.91. The molecule has 0 bridgehead atoms. The number of nitro benzene ring substituents is 1. The fraction of sp³-hybridized carbons (Fsp3) is 0.192. The number of fused-ring (bicyclic) bond motifs is 1. The summed E-state index contributed by atoms with van der Waals surface area (Å²) >= 11 is 1.14. The molecule has 0 aliphatic rings. The Morgan fingerprint density at radius 1 is 1.11 bits per heavy atom. The maximum Gasteiger partial charge on any atom is 0.311 e. The number of aromatic nitrogens is 2. The number of hydrogen-bond donors (Lipinski definition) is 1. The van der Waals surface area contributed by atoms with Crippen molar-refractivity contribution in [3.8, 4) is 11.4 Å². The van der Waals surface area contributed by atoms with Gasteiger partial charge in [0.2, 0.25) is 5.91 Å². The van der Waals surface area contributed by atoms with Crippen molar-refractivity contribution in [3.05, 3.63) is 91.8 Å². The van der Waals surface area contributed by atoms with Crippen LogP contribution in [0.1, 0.15) is 16.7 Å². The van der Waals surface area contributed by atoms with Crippen LogP contribution in [-0.4, -0.2) is 33.2 Å². The number of nitrogens with zero attached hydrogens (tertiary/aromatic N) is 3. The van der Waals surface area contributed by atoms with Gasteiger partial charge >= 0.3 is 5.69 Å². The van der Waals surface area contributed by atoms with E-state index in [0.29, 0.717) is 33.0 Å². The van der Waals surface area contributed by atoms with Crippen molar-refractivity contribution in [3.63, 3.8) is 0 Å². The number of anilines is 1. The number of nitro groups is 1. The molecule has 1 heterocycles. The van der Waals surface area contributed by atoms with Crippen LogP contribution in [0.4, 0.5) is 11.4 Å². The molecule has 0 aliphatic carbocycles. The molecule has 184 valence electrons. The zero-order valence-corrected chi connectivity index (χ0v) is 21.0. The summed E-state index contributed by atoms with van der Waals surface area (Å²) in [5, 5.41) is 14.9. The Morgan fingerprint density at radius 3 is 2.56 bits per heavy atom. The minimum atomic E-state index is -0.537. The minimum Gasteiger partial charge on any atom is -0.490 e. The summed E-state index contributed by atoms with van der Waals surface area (Å²) in [5.41, 5.74) is 3.75. The van der Waals surface area contributed by atoms with Gasteiger partial charge in [0.1, 0.15) is 0 Å². The lowest BCUT2D eigenvalue weighted by Crippen LogP contribution is -2.23. The molecule has 1 aromatic heterocycles. The van der Waals surface area contributed by atoms with Gasteiger partial charge in [0, 0.05) is 17.8 Å². The molecule has 0 unspecified atom stereocenters. The molecule has 0 saturated carbocycles. The Bertz CT molecular complexity index is 1560. The van der Waals surface area contributed by atoms with E-state index in [1.165, 1.54) is 23.8 Å². The molecule has 0 fully saturated rings. The predicted octanol–water partition coefficient (Wildman–Crippen LogP) is 4.96. The van der Waals surface area contributed by atoms with Gasteiger partial charge in [-0.3, -0.25) is 24.3 Å². The van der Waals surface area contributed by atoms with Crippen LogP contribution >= 0.6 is 11.8 Å². The Morgan fingerprint density at radius 2 is 1.86 bits per heavy atom. The Labute approximate surface area is 211 Å². The van der Waals surface area contributed by atoms with E-state index in [-0.39, 0.29) is 28.7 Å². The van der Waals surface area contributed by atoms with Gasteiger partial charge in [0.05, 0.1) is 34.4 Å². The summed E-state index contributed by atoms with van der Waals surface area (Å²) in [4.78, 5) is 41.7. The number of nitrogens with one attached hydrogen (secondary N) is 1. The number of methoxy groups -OCH3 is 1. The van der Waals surface area contributed by atoms with Crippen molar-refractivity contribution in [2.75, 3.05) is 18.2 Å². The number of hydrogen-bond acceptors (Lipinski definition) is 7. The van der Waals surface area contributed by atoms with Crippen molar-refractivity contribution < 1.29 is 14.5 Å². The quantitative estimate of drug-likeness (QED) is 0.164. The maximum absolute atomic E-state index is 13.5. The number of para-hydroxylation sites is 1. The largest absolute Gasteiger partial charge is 0.490 e. The normalized spacial score (nSPS) is 10.9. The molecule has 0 spiro atoms. The predicted molar refractivity (Wildman–Crippen MR) is 141 cm³/mol. The average molecular weight is 505 g/mol. The van der Waals surface area contributed by atoms with Crippen molar-refractivity contribution >= 4 is 39.9 Å². The topological polar surface area (TPSA) is 116 Å². The first-order chi connectivity index (χ1) is 17.2. The molecule has 1 amide bonds. The maximum atomic E-state index is 13.5. The van der Waals surface area contributed by atoms with Gasteiger partial charge in [-0.05, 0) is 50.1 Å². The second-order valence-corrected chi connectivity index (χ2v) is 9.22. The fourth-order valence-corrected chi connectivity index (χ4v) is 4.71. The number of aryl methyl sites for hydroxylation is 3. The molecular weight excluding hydrogens is 480 g/mol. The molecule has 10 heteroatoms. The molecule has 0 aliphatic heterocycles. The Kier molecular flexibility index (Phi) is 7.07. The third-order valence-corrected chi connectivity index (χ3v) is 6.61. The molecular formula is C26H24N4O5S. The van der Waals surface area contributed by atoms with Crippen LogP contribution in [0.2, 0.25) is 0 Å². The number of thioether (sulfide) groups is 1. The van der Waals surface area contributed by atoms with E-state index in [1.54, 1.807) is 25.1 Å². The van der Waals surface area contributed by atoms with Crippen LogP contribution in [0, 0.1) is 30.9 Å². The molecule has 36 heavy (non-hydrogen) atoms. The van der Waals surface area contributed by atoms with E-state index in [9.17, 15) is 19.7 Å². The van der Waals surface area contributed by atoms with Crippen LogP contribution in [0.15, 0.2) is 64.5 Å². The average Bonchev–Trinajstić information content (AvgIpc) is 2.84. The van der Waals surface area contributed by atoms with Crippen molar-refractivity contribution in [1.29, 1.82) is 0 Å². The monoisotopic (exact) mass is 504 g/mol. The van der Waals surface area contributed by atoms with Gasteiger partial charge < -0.3 is 10.1 Å². The van der Waals surface area contributed by atoms with Gasteiger partial charge in [-0.2, -0.15) is 0 Å². The van der Waals surface area contributed by atoms with E-state index in [1.807, 2.05) is 38.1 Å². The van der Waals surface area contributed by atoms with Crippen molar-refractivity contribution in [1.82, 2.24) is 9.55 Å². The smallest absolute Gasteiger partial charge is 0.311 e. The lowest BCUT2D eigenvalue weighted by Gasteiger charge is -2.16. The number of amides is 1. The highest BCUT2D eigenvalue weighted by Gasteiger charge is 2.20. The van der Waals surface area contributed by atoms with Gasteiger partial charge in [-0.15, -0.1) is 0 Å². The summed E-state index contributed by atoms with van der Waals surface area (Å²) in [6, 6.07) is 15.7. The van der Waals surface area contributed by atoms with E-state index in [2.05, 4.69) is 10.3 Å². The third kappa shape index (κ3) is 4.94. The van der Waals surface area contributed by atoms with Gasteiger partial charge in [-0.1, -0.05) is 41.6 Å². The van der Waals surface area contributed by atoms with Crippen LogP contribution in [0.3, 0.4) is 0 Å². The van der Waals surface area contributed by atoms with Crippen LogP contribution in [0.25, 0.3) is 16.6 Å². The molecule has 9 nitrogen and oxygen atoms in total. The Balaban J connectivity index is 1.67. The highest BCUT2D eigenvalue weighted by Crippen LogP contribution is 2.33. The third-order valence-electron chi connectivity index (χ3n) is 5.67. The minimum absolute atomic E-state index is 0.0333. The van der Waals surface area contributed by atoms with Crippen molar-refractivity contribution in [2.45, 2.75) is 25.9 Å². The molecule has 4 aromatic rings. The lowest BCUT2D eigenvalue weighted by atomic mass is 10.1. The van der Waals surface area contributed by atoms with Crippen molar-refractivity contribution in [2.24, 2.45) is 0 Å². The number of carbonyl (C=O) groups excluding carboxylic acids is 1. The van der Waals surface area contributed by atoms with Gasteiger partial charge in [-0.25, -0.2) is 4.98 Å². The summed E-state index contributed by atoms with van der Waals surface area (Å²) in [5.74, 6) is -0.337. The summed E-state index contributed by atoms with van der Waals surface area (Å²) in [7, 11) is 1.33. The molecule has 0 saturated heterocycles. The second-order valence-electron chi connectivity index (χ2n) is 8.27. The van der Waals surface area contributed by atoms with Gasteiger partial charge in [0.25, 0.3) is 5.56 Å². The second kappa shape index (κ2) is 10.2. The number of ether oxygens (including phenoxy) is 1. The highest BCUT2D eigenvalue weighted by molar-refractivity contribution is 7.99. The Hall–Kier alpha value is -4.18. The first-order valence-electron chi connectivity index (χ1n) is 11.0. The van der Waals surface area contributed by atoms with Crippen LogP contribution in [0.5, 0.6) is 5.75 Å². The first kappa shape index (κ1) is 24.9. The lowest BCUT2D eigenvalue weighted by molar-refractivity contribution is -0.385. The van der Waals surface area contributed by atoms with Crippen LogP contribution in [-0.2, 0) is 4.79 Å². The summed E-state index contributed by atoms with van der Waals surface area (Å²) in [6.07, 6.45) is 0. The van der Waals surface area contributed by atoms with E-state index in [4.69, 9.17) is 4.74 Å². The molecule has 3 aromatic carbocycles. The molecule has 0 radical (unpaired) electrons. The molecule has 1 N–H and O–H groups in total. The standard InChI is InChI=1S/C26H24N4O5S/c1-15-9-10-21(17(3)11-15)29-25(32)18-7-5-6-8-19(18)28-26(29)36-14-24(31)27-20-13-23(35-4)22(30(33)34)12-16(20)2/h5-13H,14H2,1-4H3,(H,27,31). The number of benzene rings is 3. The molecule has 4 rings (SSSR count). The SMILES string of the molecule is COc1cc(NC(=O)CSc2nc3ccccc3c(=O)n2-c2ccc(C)cc2C)c(C)cc1[N+](=O)[O-]. The number of rotatable bonds is 7. The van der Waals surface area contributed by atoms with E-state index < -0.39 is 4.92 Å². The van der Waals surface area contributed by atoms with E-state index in [0.717, 1.165) is 22.9 Å². The highest BCUT2D eigenvalue weighted by atomic mass is 32.2. The summed E-state index contributed by atoms with van der Waals surface area (Å²) < 4.78 is 6.64. The zero-order chi connectivity index (χ0) is 26.0. The molecule has 0 atom stereocenters. The van der Waals surface area contributed by atoms with Gasteiger partial charge in [0.15, 0.2) is 10.9 Å². The number of carbonyl (C=O) groups is 1. The van der Waals surface area contributed by atoms with E-state index >= 15 is 0 Å². The zero-order valence-electron chi connectivity index (χ0n) is 20.2. The van der Waals surface area contributed by atoms with Crippen LogP contribution < -0.4 is 15.6 Å².